The van der Waals surface area contributed by atoms with Gasteiger partial charge >= 0.3 is 0 Å². The molecule has 1 aromatic heterocycles. The van der Waals surface area contributed by atoms with Gasteiger partial charge in [-0.15, -0.1) is 0 Å². The Kier molecular flexibility index (Phi) is 6.31. The van der Waals surface area contributed by atoms with Gasteiger partial charge in [-0.05, 0) is 60.6 Å². The zero-order chi connectivity index (χ0) is 22.7. The van der Waals surface area contributed by atoms with Crippen molar-refractivity contribution in [1.29, 1.82) is 5.26 Å². The van der Waals surface area contributed by atoms with Gasteiger partial charge in [-0.2, -0.15) is 5.26 Å². The van der Waals surface area contributed by atoms with Gasteiger partial charge in [-0.1, -0.05) is 18.2 Å². The van der Waals surface area contributed by atoms with E-state index in [9.17, 15) is 18.5 Å². The fourth-order valence-electron chi connectivity index (χ4n) is 4.27. The molecular formula is C24H26N4O3S. The summed E-state index contributed by atoms with van der Waals surface area (Å²) >= 11 is 0. The Morgan fingerprint density at radius 1 is 1.19 bits per heavy atom. The van der Waals surface area contributed by atoms with Gasteiger partial charge in [0.1, 0.15) is 6.07 Å². The number of carbonyl (C=O) groups excluding carboxylic acids is 1. The number of nitrogens with zero attached hydrogens (tertiary/aromatic N) is 2. The quantitative estimate of drug-likeness (QED) is 0.602. The largest absolute Gasteiger partial charge is 0.360 e. The summed E-state index contributed by atoms with van der Waals surface area (Å²) in [7, 11) is -3.13. The molecule has 0 spiro atoms. The third-order valence-corrected chi connectivity index (χ3v) is 7.44. The third-order valence-electron chi connectivity index (χ3n) is 6.13. The Balaban J connectivity index is 1.30. The smallest absolute Gasteiger partial charge is 0.251 e. The third kappa shape index (κ3) is 4.85. The topological polar surface area (TPSA) is 106 Å². The van der Waals surface area contributed by atoms with E-state index in [2.05, 4.69) is 16.4 Å². The zero-order valence-corrected chi connectivity index (χ0v) is 18.8. The van der Waals surface area contributed by atoms with E-state index in [4.69, 9.17) is 0 Å². The summed E-state index contributed by atoms with van der Waals surface area (Å²) in [6.45, 7) is 1.58. The standard InChI is InChI=1S/C24H26N4O3S/c1-32(30,31)28-12-9-19(10-13-28)18-3-5-20(6-4-18)24(29)26-11-8-17-2-7-23-22(14-17)21(15-25)16-27-23/h2-7,14,16,19,27H,8-13H2,1H3,(H,26,29). The normalized spacial score (nSPS) is 15.5. The van der Waals surface area contributed by atoms with Gasteiger partial charge in [0.2, 0.25) is 10.0 Å². The van der Waals surface area contributed by atoms with Crippen LogP contribution in [0.4, 0.5) is 0 Å². The molecule has 2 N–H and O–H groups in total. The Morgan fingerprint density at radius 3 is 2.56 bits per heavy atom. The molecule has 1 saturated heterocycles. The highest BCUT2D eigenvalue weighted by atomic mass is 32.2. The van der Waals surface area contributed by atoms with E-state index in [0.717, 1.165) is 34.9 Å². The predicted molar refractivity (Wildman–Crippen MR) is 124 cm³/mol. The minimum atomic E-state index is -3.13. The lowest BCUT2D eigenvalue weighted by molar-refractivity contribution is 0.0954. The lowest BCUT2D eigenvalue weighted by atomic mass is 9.90. The van der Waals surface area contributed by atoms with Crippen LogP contribution in [0.2, 0.25) is 0 Å². The first kappa shape index (κ1) is 22.1. The molecule has 0 radical (unpaired) electrons. The molecule has 1 aliphatic heterocycles. The minimum Gasteiger partial charge on any atom is -0.360 e. The number of nitriles is 1. The number of aromatic nitrogens is 1. The Morgan fingerprint density at radius 2 is 1.91 bits per heavy atom. The van der Waals surface area contributed by atoms with Crippen molar-refractivity contribution in [3.8, 4) is 6.07 Å². The summed E-state index contributed by atoms with van der Waals surface area (Å²) in [6, 6.07) is 15.7. The molecule has 0 atom stereocenters. The molecule has 0 aliphatic carbocycles. The van der Waals surface area contributed by atoms with Gasteiger partial charge < -0.3 is 10.3 Å². The molecule has 2 heterocycles. The van der Waals surface area contributed by atoms with E-state index in [1.165, 1.54) is 10.6 Å². The van der Waals surface area contributed by atoms with Crippen molar-refractivity contribution in [3.63, 3.8) is 0 Å². The van der Waals surface area contributed by atoms with Crippen molar-refractivity contribution in [2.75, 3.05) is 25.9 Å². The zero-order valence-electron chi connectivity index (χ0n) is 18.0. The van der Waals surface area contributed by atoms with E-state index >= 15 is 0 Å². The second kappa shape index (κ2) is 9.15. The molecular weight excluding hydrogens is 424 g/mol. The maximum Gasteiger partial charge on any atom is 0.251 e. The fourth-order valence-corrected chi connectivity index (χ4v) is 5.14. The van der Waals surface area contributed by atoms with E-state index < -0.39 is 10.0 Å². The van der Waals surface area contributed by atoms with Gasteiger partial charge in [-0.25, -0.2) is 12.7 Å². The van der Waals surface area contributed by atoms with Crippen LogP contribution in [0.3, 0.4) is 0 Å². The van der Waals surface area contributed by atoms with Gasteiger partial charge in [0.15, 0.2) is 0 Å². The molecule has 4 rings (SSSR count). The van der Waals surface area contributed by atoms with Crippen molar-refractivity contribution >= 4 is 26.8 Å². The van der Waals surface area contributed by atoms with E-state index in [1.54, 1.807) is 6.20 Å². The van der Waals surface area contributed by atoms with Crippen LogP contribution in [0.25, 0.3) is 10.9 Å². The number of aromatic amines is 1. The number of hydrogen-bond donors (Lipinski definition) is 2. The Bertz CT molecular complexity index is 1260. The number of hydrogen-bond acceptors (Lipinski definition) is 4. The van der Waals surface area contributed by atoms with E-state index in [-0.39, 0.29) is 5.91 Å². The number of carbonyl (C=O) groups is 1. The second-order valence-electron chi connectivity index (χ2n) is 8.26. The summed E-state index contributed by atoms with van der Waals surface area (Å²) < 4.78 is 24.9. The summed E-state index contributed by atoms with van der Waals surface area (Å²) in [5.41, 5.74) is 4.35. The lowest BCUT2D eigenvalue weighted by Crippen LogP contribution is -2.37. The highest BCUT2D eigenvalue weighted by molar-refractivity contribution is 7.88. The summed E-state index contributed by atoms with van der Waals surface area (Å²) in [5.74, 6) is 0.190. The average Bonchev–Trinajstić information content (AvgIpc) is 3.21. The molecule has 0 unspecified atom stereocenters. The van der Waals surface area contributed by atoms with Crippen LogP contribution in [0.1, 0.15) is 45.8 Å². The van der Waals surface area contributed by atoms with Crippen molar-refractivity contribution in [3.05, 3.63) is 70.9 Å². The molecule has 166 valence electrons. The summed E-state index contributed by atoms with van der Waals surface area (Å²) in [5, 5.41) is 13.0. The van der Waals surface area contributed by atoms with Crippen molar-refractivity contribution in [2.24, 2.45) is 0 Å². The second-order valence-corrected chi connectivity index (χ2v) is 10.2. The molecule has 8 heteroatoms. The minimum absolute atomic E-state index is 0.121. The van der Waals surface area contributed by atoms with Crippen LogP contribution in [-0.2, 0) is 16.4 Å². The van der Waals surface area contributed by atoms with E-state index in [0.29, 0.717) is 43.1 Å². The van der Waals surface area contributed by atoms with Gasteiger partial charge in [-0.3, -0.25) is 4.79 Å². The van der Waals surface area contributed by atoms with Crippen LogP contribution >= 0.6 is 0 Å². The number of sulfonamides is 1. The molecule has 1 fully saturated rings. The van der Waals surface area contributed by atoms with Gasteiger partial charge in [0.05, 0.1) is 11.8 Å². The first-order chi connectivity index (χ1) is 15.3. The van der Waals surface area contributed by atoms with Gasteiger partial charge in [0.25, 0.3) is 5.91 Å². The molecule has 1 amide bonds. The summed E-state index contributed by atoms with van der Waals surface area (Å²) in [6.07, 6.45) is 5.21. The molecule has 1 aliphatic rings. The monoisotopic (exact) mass is 450 g/mol. The number of H-pyrrole nitrogens is 1. The predicted octanol–water partition coefficient (Wildman–Crippen LogP) is 3.15. The molecule has 0 saturated carbocycles. The highest BCUT2D eigenvalue weighted by Gasteiger charge is 2.25. The number of benzene rings is 2. The number of amides is 1. The maximum absolute atomic E-state index is 12.5. The van der Waals surface area contributed by atoms with Crippen LogP contribution in [0.15, 0.2) is 48.7 Å². The number of fused-ring (bicyclic) bond motifs is 1. The van der Waals surface area contributed by atoms with Gasteiger partial charge in [0, 0.05) is 42.3 Å². The molecule has 0 bridgehead atoms. The van der Waals surface area contributed by atoms with Crippen molar-refractivity contribution < 1.29 is 13.2 Å². The number of rotatable bonds is 6. The maximum atomic E-state index is 12.5. The Hall–Kier alpha value is -3.15. The van der Waals surface area contributed by atoms with Crippen LogP contribution < -0.4 is 5.32 Å². The first-order valence-electron chi connectivity index (χ1n) is 10.7. The number of piperidine rings is 1. The van der Waals surface area contributed by atoms with Crippen molar-refractivity contribution in [1.82, 2.24) is 14.6 Å². The van der Waals surface area contributed by atoms with Crippen LogP contribution in [0, 0.1) is 11.3 Å². The first-order valence-corrected chi connectivity index (χ1v) is 12.5. The molecule has 2 aromatic carbocycles. The number of nitrogens with one attached hydrogen (secondary N) is 2. The molecule has 3 aromatic rings. The average molecular weight is 451 g/mol. The Labute approximate surface area is 188 Å². The molecule has 7 nitrogen and oxygen atoms in total. The lowest BCUT2D eigenvalue weighted by Gasteiger charge is -2.30. The highest BCUT2D eigenvalue weighted by Crippen LogP contribution is 2.29. The van der Waals surface area contributed by atoms with Crippen LogP contribution in [0.5, 0.6) is 0 Å². The fraction of sp³-hybridized carbons (Fsp3) is 0.333. The van der Waals surface area contributed by atoms with Crippen molar-refractivity contribution in [2.45, 2.75) is 25.2 Å². The summed E-state index contributed by atoms with van der Waals surface area (Å²) in [4.78, 5) is 15.6. The van der Waals surface area contributed by atoms with Crippen LogP contribution in [-0.4, -0.2) is 49.5 Å². The van der Waals surface area contributed by atoms with E-state index in [1.807, 2.05) is 42.5 Å². The SMILES string of the molecule is CS(=O)(=O)N1CCC(c2ccc(C(=O)NCCc3ccc4[nH]cc(C#N)c4c3)cc2)CC1. The molecule has 32 heavy (non-hydrogen) atoms.